The number of rotatable bonds is 0. The van der Waals surface area contributed by atoms with Crippen molar-refractivity contribution in [2.45, 2.75) is 76.6 Å². The molecule has 1 saturated carbocycles. The van der Waals surface area contributed by atoms with Gasteiger partial charge in [0.25, 0.3) is 0 Å². The van der Waals surface area contributed by atoms with Crippen LogP contribution in [0, 0.1) is 29.1 Å². The molecule has 4 atom stereocenters. The molecule has 3 nitrogen and oxygen atoms in total. The Labute approximate surface area is 209 Å². The number of fused-ring (bicyclic) bond motifs is 4. The maximum Gasteiger partial charge on any atom is 0.172 e. The third kappa shape index (κ3) is 4.04. The zero-order chi connectivity index (χ0) is 18.0. The number of allylic oxidation sites excluding steroid dienone is 3. The first kappa shape index (κ1) is 28.4. The van der Waals surface area contributed by atoms with Crippen molar-refractivity contribution in [3.63, 3.8) is 0 Å². The van der Waals surface area contributed by atoms with Gasteiger partial charge in [0.2, 0.25) is 0 Å². The predicted octanol–water partition coefficient (Wildman–Crippen LogP) is 4.57. The highest BCUT2D eigenvalue weighted by molar-refractivity contribution is 7.59. The topological polar surface area (TPSA) is 38.7 Å². The van der Waals surface area contributed by atoms with Gasteiger partial charge in [-0.3, -0.25) is 0 Å². The second-order valence-corrected chi connectivity index (χ2v) is 9.17. The largest absolute Gasteiger partial charge is 0.377 e. The van der Waals surface area contributed by atoms with Gasteiger partial charge in [-0.25, -0.2) is 0 Å². The van der Waals surface area contributed by atoms with Crippen LogP contribution in [0.1, 0.15) is 65.2 Å². The molecule has 0 unspecified atom stereocenters. The zero-order valence-corrected chi connectivity index (χ0v) is 22.1. The van der Waals surface area contributed by atoms with Crippen molar-refractivity contribution in [3.8, 4) is 11.8 Å². The van der Waals surface area contributed by atoms with E-state index < -0.39 is 5.60 Å². The molecule has 4 aliphatic carbocycles. The Morgan fingerprint density at radius 3 is 2.40 bits per heavy atom. The lowest BCUT2D eigenvalue weighted by Crippen LogP contribution is -2.48. The van der Waals surface area contributed by atoms with E-state index in [4.69, 9.17) is 9.47 Å². The Bertz CT molecular complexity index is 762. The second-order valence-electron chi connectivity index (χ2n) is 9.17. The smallest absolute Gasteiger partial charge is 0.172 e. The molecular formula is C23H38O3S4. The van der Waals surface area contributed by atoms with Crippen molar-refractivity contribution < 1.29 is 14.6 Å². The van der Waals surface area contributed by atoms with Gasteiger partial charge in [0, 0.05) is 18.3 Å². The van der Waals surface area contributed by atoms with Crippen LogP contribution in [0.2, 0.25) is 0 Å². The van der Waals surface area contributed by atoms with E-state index in [1.165, 1.54) is 6.42 Å². The lowest BCUT2D eigenvalue weighted by molar-refractivity contribution is -0.164. The molecule has 1 aliphatic heterocycles. The summed E-state index contributed by atoms with van der Waals surface area (Å²) in [4.78, 5) is 0. The minimum Gasteiger partial charge on any atom is -0.377 e. The first-order valence-corrected chi connectivity index (χ1v) is 10.4. The van der Waals surface area contributed by atoms with Gasteiger partial charge >= 0.3 is 0 Å². The maximum atomic E-state index is 11.3. The molecule has 172 valence electrons. The van der Waals surface area contributed by atoms with Crippen LogP contribution in [0.3, 0.4) is 0 Å². The van der Waals surface area contributed by atoms with Crippen molar-refractivity contribution in [2.75, 3.05) is 13.2 Å². The van der Waals surface area contributed by atoms with Crippen molar-refractivity contribution >= 4 is 54.0 Å². The lowest BCUT2D eigenvalue weighted by Gasteiger charge is -2.50. The van der Waals surface area contributed by atoms with E-state index in [9.17, 15) is 5.11 Å². The van der Waals surface area contributed by atoms with Gasteiger partial charge in [0.05, 0.1) is 13.2 Å². The van der Waals surface area contributed by atoms with Crippen molar-refractivity contribution in [1.82, 2.24) is 0 Å². The Balaban J connectivity index is 0.00000112. The van der Waals surface area contributed by atoms with Crippen LogP contribution in [0.4, 0.5) is 0 Å². The van der Waals surface area contributed by atoms with E-state index in [1.807, 2.05) is 6.92 Å². The molecule has 1 N–H and O–H groups in total. The molecule has 0 amide bonds. The van der Waals surface area contributed by atoms with Gasteiger partial charge in [-0.2, -0.15) is 54.0 Å². The molecule has 5 aliphatic rings. The van der Waals surface area contributed by atoms with Crippen molar-refractivity contribution in [1.29, 1.82) is 0 Å². The van der Waals surface area contributed by atoms with Crippen molar-refractivity contribution in [2.24, 2.45) is 17.3 Å². The molecule has 1 heterocycles. The summed E-state index contributed by atoms with van der Waals surface area (Å²) < 4.78 is 12.0. The van der Waals surface area contributed by atoms with E-state index in [2.05, 4.69) is 24.8 Å². The summed E-state index contributed by atoms with van der Waals surface area (Å²) in [6, 6.07) is 0. The third-order valence-corrected chi connectivity index (χ3v) is 8.13. The molecule has 5 rings (SSSR count). The number of hydrogen-bond donors (Lipinski definition) is 1. The Morgan fingerprint density at radius 1 is 1.03 bits per heavy atom. The monoisotopic (exact) mass is 490 g/mol. The Morgan fingerprint density at radius 2 is 1.73 bits per heavy atom. The molecule has 0 aromatic rings. The molecule has 1 saturated heterocycles. The minimum atomic E-state index is -0.814. The fourth-order valence-corrected chi connectivity index (χ4v) is 6.72. The predicted molar refractivity (Wildman–Crippen MR) is 142 cm³/mol. The zero-order valence-electron chi connectivity index (χ0n) is 18.1. The number of aliphatic hydroxyl groups is 1. The highest BCUT2D eigenvalue weighted by Gasteiger charge is 2.60. The van der Waals surface area contributed by atoms with Crippen LogP contribution in [-0.2, 0) is 9.47 Å². The average molecular weight is 491 g/mol. The molecule has 0 bridgehead atoms. The molecule has 0 aromatic carbocycles. The quantitative estimate of drug-likeness (QED) is 0.506. The molecular weight excluding hydrogens is 453 g/mol. The summed E-state index contributed by atoms with van der Waals surface area (Å²) in [7, 11) is 0. The van der Waals surface area contributed by atoms with E-state index >= 15 is 0 Å². The highest BCUT2D eigenvalue weighted by atomic mass is 32.1. The standard InChI is InChI=1S/C23H30O3.4H2S/c1-3-9-22(24)11-8-20-19-5-4-16-15-23(25-13-14-26-23)12-7-17(16)18(19)6-10-21(20,22)2;;;;/h6,19-20,24H,4-5,7-8,10-15H2,1-2H3;4*1H2/t19-,20+,21+,22+;;;;/m1..../s1. The maximum absolute atomic E-state index is 11.3. The van der Waals surface area contributed by atoms with Gasteiger partial charge in [-0.1, -0.05) is 24.5 Å². The van der Waals surface area contributed by atoms with E-state index in [0.717, 1.165) is 58.2 Å². The summed E-state index contributed by atoms with van der Waals surface area (Å²) in [6.07, 6.45) is 10.7. The molecule has 0 radical (unpaired) electrons. The third-order valence-electron chi connectivity index (χ3n) is 8.13. The molecule has 1 spiro atoms. The summed E-state index contributed by atoms with van der Waals surface area (Å²) >= 11 is 0. The average Bonchev–Trinajstić information content (AvgIpc) is 3.18. The van der Waals surface area contributed by atoms with Crippen LogP contribution < -0.4 is 0 Å². The van der Waals surface area contributed by atoms with Gasteiger partial charge in [-0.05, 0) is 68.4 Å². The highest BCUT2D eigenvalue weighted by Crippen LogP contribution is 2.62. The normalized spacial score (nSPS) is 37.5. The summed E-state index contributed by atoms with van der Waals surface area (Å²) in [5, 5.41) is 11.3. The molecule has 30 heavy (non-hydrogen) atoms. The first-order chi connectivity index (χ1) is 12.5. The number of hydrogen-bond acceptors (Lipinski definition) is 3. The van der Waals surface area contributed by atoms with Gasteiger partial charge < -0.3 is 14.6 Å². The van der Waals surface area contributed by atoms with Crippen LogP contribution in [0.5, 0.6) is 0 Å². The Kier molecular flexibility index (Phi) is 9.52. The van der Waals surface area contributed by atoms with E-state index in [-0.39, 0.29) is 65.2 Å². The fraction of sp³-hybridized carbons (Fsp3) is 0.739. The van der Waals surface area contributed by atoms with Crippen LogP contribution in [0.15, 0.2) is 22.8 Å². The van der Waals surface area contributed by atoms with Crippen LogP contribution >= 0.6 is 54.0 Å². The summed E-state index contributed by atoms with van der Waals surface area (Å²) in [5.41, 5.74) is 3.85. The molecule has 2 fully saturated rings. The van der Waals surface area contributed by atoms with E-state index in [1.54, 1.807) is 16.7 Å². The van der Waals surface area contributed by atoms with Gasteiger partial charge in [0.1, 0.15) is 5.60 Å². The van der Waals surface area contributed by atoms with Crippen LogP contribution in [-0.4, -0.2) is 29.7 Å². The molecule has 0 aromatic heterocycles. The Hall–Kier alpha value is 0.320. The first-order valence-electron chi connectivity index (χ1n) is 10.4. The minimum absolute atomic E-state index is 0. The SMILES string of the molecule is CC#C[C@]1(O)CC[C@H]2[C@@H]3CCC4=C(CCC5(C4)OCCO5)C3=CC[C@@]21C.S.S.S.S. The second kappa shape index (κ2) is 10.1. The summed E-state index contributed by atoms with van der Waals surface area (Å²) in [6.45, 7) is 5.61. The number of ether oxygens (including phenoxy) is 2. The summed E-state index contributed by atoms with van der Waals surface area (Å²) in [5.74, 6) is 7.00. The lowest BCUT2D eigenvalue weighted by atomic mass is 9.56. The van der Waals surface area contributed by atoms with E-state index in [0.29, 0.717) is 11.8 Å². The molecule has 7 heteroatoms. The van der Waals surface area contributed by atoms with Gasteiger partial charge in [-0.15, -0.1) is 5.92 Å². The van der Waals surface area contributed by atoms with Crippen molar-refractivity contribution in [3.05, 3.63) is 22.8 Å². The fourth-order valence-electron chi connectivity index (χ4n) is 6.72. The van der Waals surface area contributed by atoms with Crippen LogP contribution in [0.25, 0.3) is 0 Å². The van der Waals surface area contributed by atoms with Gasteiger partial charge in [0.15, 0.2) is 5.79 Å².